The molecule has 8 rings (SSSR count). The van der Waals surface area contributed by atoms with Crippen LogP contribution in [-0.4, -0.2) is 117 Å². The number of amides is 4. The van der Waals surface area contributed by atoms with Gasteiger partial charge in [-0.2, -0.15) is 0 Å². The van der Waals surface area contributed by atoms with E-state index in [9.17, 15) is 24.3 Å². The fourth-order valence-corrected chi connectivity index (χ4v) is 10.0. The Hall–Kier alpha value is -7.21. The Morgan fingerprint density at radius 1 is 0.829 bits per heavy atom. The number of hydrogen-bond acceptors (Lipinski definition) is 11. The van der Waals surface area contributed by atoms with E-state index in [-0.39, 0.29) is 63.6 Å². The number of aryl methyl sites for hydroxylation is 3. The minimum Gasteiger partial charge on any atom is -0.494 e. The molecule has 1 fully saturated rings. The van der Waals surface area contributed by atoms with Gasteiger partial charge in [-0.3, -0.25) is 28.7 Å². The van der Waals surface area contributed by atoms with Crippen molar-refractivity contribution in [2.45, 2.75) is 125 Å². The summed E-state index contributed by atoms with van der Waals surface area (Å²) in [5.74, 6) is 0.678. The van der Waals surface area contributed by atoms with E-state index >= 15 is 0 Å². The zero-order valence-corrected chi connectivity index (χ0v) is 45.3. The van der Waals surface area contributed by atoms with Crippen molar-refractivity contribution in [1.82, 2.24) is 40.6 Å². The number of aliphatic hydroxyl groups excluding tert-OH is 1. The van der Waals surface area contributed by atoms with Crippen molar-refractivity contribution in [1.29, 1.82) is 0 Å². The summed E-state index contributed by atoms with van der Waals surface area (Å²) >= 11 is 0. The lowest BCUT2D eigenvalue weighted by Crippen LogP contribution is -2.58. The van der Waals surface area contributed by atoms with Crippen LogP contribution in [0.2, 0.25) is 0 Å². The number of β-amino-alcohol motifs (C(OH)–C–C–N with tert-alkyl or cyclic N) is 1. The fourth-order valence-electron chi connectivity index (χ4n) is 10.0. The van der Waals surface area contributed by atoms with Crippen LogP contribution in [0.3, 0.4) is 0 Å². The molecule has 5 N–H and O–H groups in total. The maximum atomic E-state index is 14.0. The number of aliphatic hydroxyl groups is 1. The highest BCUT2D eigenvalue weighted by Crippen LogP contribution is 2.42. The van der Waals surface area contributed by atoms with Gasteiger partial charge >= 0.3 is 0 Å². The van der Waals surface area contributed by atoms with Gasteiger partial charge in [-0.15, -0.1) is 10.2 Å². The van der Waals surface area contributed by atoms with Crippen LogP contribution in [0.5, 0.6) is 5.75 Å². The topological polar surface area (TPSA) is 214 Å². The number of aromatic amines is 1. The van der Waals surface area contributed by atoms with Gasteiger partial charge in [0.1, 0.15) is 36.3 Å². The van der Waals surface area contributed by atoms with E-state index in [2.05, 4.69) is 80.7 Å². The minimum absolute atomic E-state index is 0.0190. The predicted molar refractivity (Wildman–Crippen MR) is 291 cm³/mol. The molecule has 76 heavy (non-hydrogen) atoms. The van der Waals surface area contributed by atoms with Crippen molar-refractivity contribution < 1.29 is 38.5 Å². The molecule has 17 heteroatoms. The monoisotopic (exact) mass is 1040 g/mol. The van der Waals surface area contributed by atoms with E-state index in [4.69, 9.17) is 19.2 Å². The number of ether oxygens (including phenoxy) is 3. The van der Waals surface area contributed by atoms with Gasteiger partial charge in [-0.25, -0.2) is 0 Å². The number of likely N-dealkylation sites (tertiary alicyclic amines) is 1. The van der Waals surface area contributed by atoms with Crippen molar-refractivity contribution in [2.24, 2.45) is 10.4 Å². The van der Waals surface area contributed by atoms with E-state index in [0.717, 1.165) is 68.3 Å². The van der Waals surface area contributed by atoms with Crippen LogP contribution in [0.4, 0.5) is 0 Å². The molecule has 1 saturated heterocycles. The summed E-state index contributed by atoms with van der Waals surface area (Å²) in [6.45, 7) is 19.0. The van der Waals surface area contributed by atoms with E-state index in [1.165, 1.54) is 16.0 Å². The summed E-state index contributed by atoms with van der Waals surface area (Å²) < 4.78 is 19.4. The van der Waals surface area contributed by atoms with Gasteiger partial charge in [-0.1, -0.05) is 92.6 Å². The molecule has 2 aromatic heterocycles. The molecular weight excluding hydrogens is 963 g/mol. The summed E-state index contributed by atoms with van der Waals surface area (Å²) in [5.41, 5.74) is 12.0. The van der Waals surface area contributed by atoms with E-state index in [1.54, 1.807) is 0 Å². The van der Waals surface area contributed by atoms with E-state index in [1.807, 2.05) is 102 Å². The molecular formula is C59H73N9O8. The lowest BCUT2D eigenvalue weighted by molar-refractivity contribution is -0.144. The van der Waals surface area contributed by atoms with Crippen LogP contribution < -0.4 is 20.7 Å². The number of carbonyl (C=O) groups excluding carboxylic acids is 4. The third-order valence-electron chi connectivity index (χ3n) is 14.4. The second-order valence-electron chi connectivity index (χ2n) is 21.3. The Morgan fingerprint density at radius 3 is 2.24 bits per heavy atom. The molecule has 4 heterocycles. The molecule has 0 radical (unpaired) electrons. The third-order valence-corrected chi connectivity index (χ3v) is 14.4. The first kappa shape index (κ1) is 55.0. The molecule has 5 aromatic rings. The highest BCUT2D eigenvalue weighted by molar-refractivity contribution is 6.19. The highest BCUT2D eigenvalue weighted by atomic mass is 16.5. The molecule has 0 spiro atoms. The number of rotatable bonds is 21. The van der Waals surface area contributed by atoms with Gasteiger partial charge in [0.05, 0.1) is 44.1 Å². The average molecular weight is 1040 g/mol. The maximum absolute atomic E-state index is 14.0. The second kappa shape index (κ2) is 24.2. The summed E-state index contributed by atoms with van der Waals surface area (Å²) in [5, 5.41) is 28.5. The van der Waals surface area contributed by atoms with Crippen LogP contribution >= 0.6 is 0 Å². The van der Waals surface area contributed by atoms with Gasteiger partial charge in [-0.05, 0) is 93.0 Å². The molecule has 3 unspecified atom stereocenters. The lowest BCUT2D eigenvalue weighted by atomic mass is 9.85. The Bertz CT molecular complexity index is 2980. The molecule has 17 nitrogen and oxygen atoms in total. The van der Waals surface area contributed by atoms with Crippen molar-refractivity contribution in [3.05, 3.63) is 141 Å². The Labute approximate surface area is 445 Å². The SMILES string of the molecule is CC1=C(C)C2=C(C1)n1c(C)nnc1C(CC(=O)NC(C)c1ccc(OCCCOCCOCC(=O)N[C@H](C(=O)N3CC(O)C[C@H]3C(=O)NCc3ccc(-c4[nH]ccc4C)cc3)C(C)(C)C)cc1)N=C2c1ccc(C)cc1. The van der Waals surface area contributed by atoms with Gasteiger partial charge in [0.15, 0.2) is 5.82 Å². The number of hydrogen-bond donors (Lipinski definition) is 5. The maximum Gasteiger partial charge on any atom is 0.246 e. The van der Waals surface area contributed by atoms with Gasteiger partial charge in [0.2, 0.25) is 23.6 Å². The molecule has 4 amide bonds. The first-order valence-corrected chi connectivity index (χ1v) is 26.3. The van der Waals surface area contributed by atoms with Crippen LogP contribution in [0.25, 0.3) is 17.0 Å². The first-order valence-electron chi connectivity index (χ1n) is 26.3. The van der Waals surface area contributed by atoms with Gasteiger partial charge < -0.3 is 45.2 Å². The number of allylic oxidation sites excluding steroid dienone is 4. The largest absolute Gasteiger partial charge is 0.494 e. The summed E-state index contributed by atoms with van der Waals surface area (Å²) in [7, 11) is 0. The molecule has 2 aliphatic heterocycles. The van der Waals surface area contributed by atoms with Gasteiger partial charge in [0, 0.05) is 67.7 Å². The van der Waals surface area contributed by atoms with E-state index in [0.29, 0.717) is 31.2 Å². The fraction of sp³-hybridized carbons (Fsp3) is 0.441. The van der Waals surface area contributed by atoms with Crippen LogP contribution in [0, 0.1) is 26.2 Å². The number of fused-ring (bicyclic) bond motifs is 2. The zero-order valence-electron chi connectivity index (χ0n) is 45.3. The van der Waals surface area contributed by atoms with Crippen LogP contribution in [0.1, 0.15) is 119 Å². The Morgan fingerprint density at radius 2 is 1.54 bits per heavy atom. The number of nitrogens with one attached hydrogen (secondary N) is 4. The first-order chi connectivity index (χ1) is 36.4. The minimum atomic E-state index is -0.971. The summed E-state index contributed by atoms with van der Waals surface area (Å²) in [4.78, 5) is 64.2. The zero-order chi connectivity index (χ0) is 54.3. The summed E-state index contributed by atoms with van der Waals surface area (Å²) in [6, 6.07) is 23.2. The Kier molecular flexibility index (Phi) is 17.5. The van der Waals surface area contributed by atoms with Crippen molar-refractivity contribution in [2.75, 3.05) is 39.6 Å². The number of H-pyrrole nitrogens is 1. The van der Waals surface area contributed by atoms with Crippen molar-refractivity contribution in [3.8, 4) is 17.0 Å². The number of benzene rings is 3. The van der Waals surface area contributed by atoms with Crippen molar-refractivity contribution in [3.63, 3.8) is 0 Å². The number of carbonyl (C=O) groups is 4. The Balaban J connectivity index is 0.733. The normalized spacial score (nSPS) is 18.2. The quantitative estimate of drug-likeness (QED) is 0.0455. The number of nitrogens with zero attached hydrogens (tertiary/aromatic N) is 5. The lowest BCUT2D eigenvalue weighted by Gasteiger charge is -2.35. The molecule has 0 bridgehead atoms. The van der Waals surface area contributed by atoms with E-state index < -0.39 is 41.5 Å². The summed E-state index contributed by atoms with van der Waals surface area (Å²) in [6.07, 6.45) is 2.60. The molecule has 1 aliphatic carbocycles. The molecule has 3 aliphatic rings. The van der Waals surface area contributed by atoms with Crippen LogP contribution in [-0.2, 0) is 35.2 Å². The standard InChI is InChI=1S/C59H73N9O8/c1-35-11-15-44(16-12-35)54-52-38(4)37(3)29-48(52)68-40(6)65-66-56(68)47(63-54)31-50(70)62-39(5)42-19-21-46(22-20-42)76-26-10-25-74-27-28-75-34-51(71)64-55(59(7,8)9)58(73)67-33-45(69)30-49(67)57(72)61-32-41-13-17-43(18-14-41)53-36(2)23-24-60-53/h11-24,39,45,47,49,55,60,69H,10,25-34H2,1-9H3,(H,61,72)(H,62,70)(H,64,71)/t39?,45?,47?,49-,55+/m0/s1. The number of aromatic nitrogens is 4. The molecule has 0 saturated carbocycles. The average Bonchev–Trinajstić information content (AvgIpc) is 4.20. The third kappa shape index (κ3) is 13.1. The predicted octanol–water partition coefficient (Wildman–Crippen LogP) is 7.57. The van der Waals surface area contributed by atoms with Gasteiger partial charge in [0.25, 0.3) is 0 Å². The van der Waals surface area contributed by atoms with Crippen molar-refractivity contribution >= 4 is 35.0 Å². The smallest absolute Gasteiger partial charge is 0.246 e. The molecule has 402 valence electrons. The second-order valence-corrected chi connectivity index (χ2v) is 21.3. The highest BCUT2D eigenvalue weighted by Gasteiger charge is 2.44. The molecule has 5 atom stereocenters. The molecule has 3 aromatic carbocycles. The number of aliphatic imine (C=N–C) groups is 1. The van der Waals surface area contributed by atoms with Crippen LogP contribution in [0.15, 0.2) is 107 Å².